The van der Waals surface area contributed by atoms with E-state index in [0.717, 1.165) is 36.0 Å². The highest BCUT2D eigenvalue weighted by Gasteiger charge is 2.24. The van der Waals surface area contributed by atoms with Crippen LogP contribution in [0.15, 0.2) is 31.0 Å². The van der Waals surface area contributed by atoms with Gasteiger partial charge in [-0.1, -0.05) is 18.7 Å². The van der Waals surface area contributed by atoms with E-state index < -0.39 is 18.0 Å². The van der Waals surface area contributed by atoms with Crippen molar-refractivity contribution in [1.29, 1.82) is 0 Å². The Morgan fingerprint density at radius 3 is 2.91 bits per heavy atom. The summed E-state index contributed by atoms with van der Waals surface area (Å²) in [4.78, 5) is 12.4. The Hall–Kier alpha value is -2.50. The molecule has 1 aromatic heterocycles. The molecule has 120 valence electrons. The van der Waals surface area contributed by atoms with Crippen molar-refractivity contribution in [2.75, 3.05) is 5.32 Å². The molecule has 1 aromatic carbocycles. The molecule has 0 saturated carbocycles. The summed E-state index contributed by atoms with van der Waals surface area (Å²) in [6.45, 7) is 4.05. The fourth-order valence-corrected chi connectivity index (χ4v) is 2.95. The topological polar surface area (TPSA) is 46.9 Å². The lowest BCUT2D eigenvalue weighted by atomic mass is 9.87. The van der Waals surface area contributed by atoms with Crippen molar-refractivity contribution in [2.45, 2.75) is 25.7 Å². The Labute approximate surface area is 132 Å². The van der Waals surface area contributed by atoms with E-state index in [0.29, 0.717) is 5.69 Å². The second-order valence-corrected chi connectivity index (χ2v) is 5.65. The molecule has 4 nitrogen and oxygen atoms in total. The van der Waals surface area contributed by atoms with E-state index in [1.54, 1.807) is 6.07 Å². The Kier molecular flexibility index (Phi) is 3.98. The number of aryl methyl sites for hydroxylation is 1. The zero-order chi connectivity index (χ0) is 16.6. The maximum absolute atomic E-state index is 13.0. The number of allylic oxidation sites excluding steroid dienone is 1. The van der Waals surface area contributed by atoms with Crippen molar-refractivity contribution in [3.05, 3.63) is 53.4 Å². The van der Waals surface area contributed by atoms with Gasteiger partial charge in [-0.3, -0.25) is 9.48 Å². The Morgan fingerprint density at radius 1 is 1.39 bits per heavy atom. The normalized spacial score (nSPS) is 14.0. The molecular formula is C17H17F2N3O. The number of carbonyl (C=O) groups excluding carboxylic acids is 1. The van der Waals surface area contributed by atoms with Gasteiger partial charge in [0.15, 0.2) is 0 Å². The number of hydrogen-bond acceptors (Lipinski definition) is 2. The summed E-state index contributed by atoms with van der Waals surface area (Å²) in [6.07, 6.45) is 1.25. The molecule has 1 heterocycles. The summed E-state index contributed by atoms with van der Waals surface area (Å²) >= 11 is 0. The molecule has 0 aliphatic heterocycles. The Bertz CT molecular complexity index is 780. The van der Waals surface area contributed by atoms with Crippen molar-refractivity contribution in [2.24, 2.45) is 7.05 Å². The first-order valence-electron chi connectivity index (χ1n) is 7.40. The molecule has 0 atom stereocenters. The van der Waals surface area contributed by atoms with E-state index in [-0.39, 0.29) is 5.56 Å². The van der Waals surface area contributed by atoms with Gasteiger partial charge in [0, 0.05) is 18.9 Å². The van der Waals surface area contributed by atoms with E-state index >= 15 is 0 Å². The third kappa shape index (κ3) is 2.88. The van der Waals surface area contributed by atoms with Crippen molar-refractivity contribution in [3.8, 4) is 0 Å². The molecule has 1 N–H and O–H groups in total. The summed E-state index contributed by atoms with van der Waals surface area (Å²) in [5, 5.41) is 6.41. The summed E-state index contributed by atoms with van der Waals surface area (Å²) in [7, 11) is 1.51. The minimum absolute atomic E-state index is 0.102. The lowest BCUT2D eigenvalue weighted by Gasteiger charge is -2.21. The molecule has 1 amide bonds. The largest absolute Gasteiger partial charge is 0.322 e. The number of fused-ring (bicyclic) bond motifs is 1. The molecular weight excluding hydrogens is 300 g/mol. The Morgan fingerprint density at radius 2 is 2.17 bits per heavy atom. The van der Waals surface area contributed by atoms with Gasteiger partial charge in [0.25, 0.3) is 12.3 Å². The molecule has 6 heteroatoms. The van der Waals surface area contributed by atoms with Crippen LogP contribution in [0.4, 0.5) is 14.5 Å². The minimum Gasteiger partial charge on any atom is -0.322 e. The van der Waals surface area contributed by atoms with Crippen molar-refractivity contribution < 1.29 is 13.6 Å². The van der Waals surface area contributed by atoms with Crippen LogP contribution in [0.3, 0.4) is 0 Å². The number of aromatic nitrogens is 2. The van der Waals surface area contributed by atoms with Crippen LogP contribution in [0.2, 0.25) is 0 Å². The average Bonchev–Trinajstić information content (AvgIpc) is 2.91. The van der Waals surface area contributed by atoms with Crippen LogP contribution in [-0.2, 0) is 13.5 Å². The van der Waals surface area contributed by atoms with Crippen LogP contribution in [0, 0.1) is 0 Å². The fraction of sp³-hybridized carbons (Fsp3) is 0.294. The third-order valence-corrected chi connectivity index (χ3v) is 4.02. The Balaban J connectivity index is 1.93. The predicted molar refractivity (Wildman–Crippen MR) is 84.5 cm³/mol. The average molecular weight is 317 g/mol. The number of nitrogens with one attached hydrogen (secondary N) is 1. The predicted octanol–water partition coefficient (Wildman–Crippen LogP) is 3.96. The zero-order valence-electron chi connectivity index (χ0n) is 12.8. The van der Waals surface area contributed by atoms with Gasteiger partial charge in [-0.25, -0.2) is 8.78 Å². The molecule has 0 spiro atoms. The molecule has 1 aliphatic carbocycles. The maximum atomic E-state index is 13.0. The SMILES string of the molecule is C=C1CCCc2c(NC(=O)c3cn(C)nc3C(F)F)cccc21. The van der Waals surface area contributed by atoms with Crippen LogP contribution < -0.4 is 5.32 Å². The summed E-state index contributed by atoms with van der Waals surface area (Å²) < 4.78 is 27.2. The molecule has 0 bridgehead atoms. The molecule has 2 aromatic rings. The molecule has 0 radical (unpaired) electrons. The number of carbonyl (C=O) groups is 1. The van der Waals surface area contributed by atoms with Gasteiger partial charge < -0.3 is 5.32 Å². The van der Waals surface area contributed by atoms with E-state index in [1.165, 1.54) is 17.9 Å². The van der Waals surface area contributed by atoms with Crippen LogP contribution in [0.1, 0.15) is 46.4 Å². The van der Waals surface area contributed by atoms with Crippen LogP contribution in [0.25, 0.3) is 5.57 Å². The van der Waals surface area contributed by atoms with Gasteiger partial charge in [-0.05, 0) is 42.0 Å². The van der Waals surface area contributed by atoms with E-state index in [4.69, 9.17) is 0 Å². The zero-order valence-corrected chi connectivity index (χ0v) is 12.8. The summed E-state index contributed by atoms with van der Waals surface area (Å²) in [6, 6.07) is 5.59. The lowest BCUT2D eigenvalue weighted by molar-refractivity contribution is 0.101. The lowest BCUT2D eigenvalue weighted by Crippen LogP contribution is -2.16. The van der Waals surface area contributed by atoms with E-state index in [1.807, 2.05) is 12.1 Å². The number of nitrogens with zero attached hydrogens (tertiary/aromatic N) is 2. The van der Waals surface area contributed by atoms with Gasteiger partial charge in [-0.2, -0.15) is 5.10 Å². The minimum atomic E-state index is -2.79. The number of hydrogen-bond donors (Lipinski definition) is 1. The molecule has 0 fully saturated rings. The second kappa shape index (κ2) is 5.95. The van der Waals surface area contributed by atoms with E-state index in [2.05, 4.69) is 17.0 Å². The fourth-order valence-electron chi connectivity index (χ4n) is 2.95. The number of alkyl halides is 2. The molecule has 3 rings (SSSR count). The van der Waals surface area contributed by atoms with Gasteiger partial charge in [0.05, 0.1) is 5.56 Å². The third-order valence-electron chi connectivity index (χ3n) is 4.02. The molecule has 23 heavy (non-hydrogen) atoms. The molecule has 0 saturated heterocycles. The van der Waals surface area contributed by atoms with Crippen LogP contribution in [-0.4, -0.2) is 15.7 Å². The maximum Gasteiger partial charge on any atom is 0.282 e. The van der Waals surface area contributed by atoms with Crippen molar-refractivity contribution in [3.63, 3.8) is 0 Å². The van der Waals surface area contributed by atoms with Crippen molar-refractivity contribution in [1.82, 2.24) is 9.78 Å². The number of rotatable bonds is 3. The van der Waals surface area contributed by atoms with Gasteiger partial charge >= 0.3 is 0 Å². The first-order valence-corrected chi connectivity index (χ1v) is 7.40. The molecule has 0 unspecified atom stereocenters. The first kappa shape index (κ1) is 15.4. The smallest absolute Gasteiger partial charge is 0.282 e. The van der Waals surface area contributed by atoms with Gasteiger partial charge in [0.2, 0.25) is 0 Å². The van der Waals surface area contributed by atoms with Crippen LogP contribution in [0.5, 0.6) is 0 Å². The van der Waals surface area contributed by atoms with E-state index in [9.17, 15) is 13.6 Å². The number of anilines is 1. The first-order chi connectivity index (χ1) is 11.0. The standard InChI is InChI=1S/C17H17F2N3O/c1-10-5-3-7-12-11(10)6-4-8-14(12)20-17(23)13-9-22(2)21-15(13)16(18)19/h4,6,8-9,16H,1,3,5,7H2,2H3,(H,20,23). The van der Waals surface area contributed by atoms with Crippen molar-refractivity contribution >= 4 is 17.2 Å². The summed E-state index contributed by atoms with van der Waals surface area (Å²) in [5.41, 5.74) is 3.14. The number of amides is 1. The highest BCUT2D eigenvalue weighted by atomic mass is 19.3. The summed E-state index contributed by atoms with van der Waals surface area (Å²) in [5.74, 6) is -0.571. The highest BCUT2D eigenvalue weighted by Crippen LogP contribution is 2.34. The second-order valence-electron chi connectivity index (χ2n) is 5.65. The van der Waals surface area contributed by atoms with Crippen LogP contribution >= 0.6 is 0 Å². The number of halogens is 2. The van der Waals surface area contributed by atoms with Gasteiger partial charge in [0.1, 0.15) is 5.69 Å². The monoisotopic (exact) mass is 317 g/mol. The van der Waals surface area contributed by atoms with Gasteiger partial charge in [-0.15, -0.1) is 0 Å². The molecule has 1 aliphatic rings. The highest BCUT2D eigenvalue weighted by molar-refractivity contribution is 6.05. The quantitative estimate of drug-likeness (QED) is 0.931. The number of benzene rings is 1.